The van der Waals surface area contributed by atoms with E-state index in [0.29, 0.717) is 12.3 Å². The van der Waals surface area contributed by atoms with E-state index in [4.69, 9.17) is 0 Å². The molecule has 0 unspecified atom stereocenters. The van der Waals surface area contributed by atoms with Gasteiger partial charge in [-0.05, 0) is 44.2 Å². The Bertz CT molecular complexity index is 936. The third-order valence-electron chi connectivity index (χ3n) is 5.40. The maximum Gasteiger partial charge on any atom is 0.222 e. The van der Waals surface area contributed by atoms with Crippen LogP contribution in [-0.2, 0) is 4.79 Å². The van der Waals surface area contributed by atoms with Crippen molar-refractivity contribution in [1.82, 2.24) is 19.7 Å². The van der Waals surface area contributed by atoms with Gasteiger partial charge in [-0.15, -0.1) is 10.2 Å². The molecule has 0 bridgehead atoms. The van der Waals surface area contributed by atoms with Crippen LogP contribution in [0.2, 0.25) is 0 Å². The Labute approximate surface area is 182 Å². The number of nitrogens with zero attached hydrogens (tertiary/aromatic N) is 4. The largest absolute Gasteiger partial charge is 0.343 e. The van der Waals surface area contributed by atoms with Crippen LogP contribution in [-0.4, -0.2) is 44.4 Å². The van der Waals surface area contributed by atoms with Crippen LogP contribution in [0.5, 0.6) is 0 Å². The third kappa shape index (κ3) is 5.11. The first kappa shape index (κ1) is 20.7. The average Bonchev–Trinajstić information content (AvgIpc) is 3.24. The predicted molar refractivity (Wildman–Crippen MR) is 122 cm³/mol. The first-order valence-corrected chi connectivity index (χ1v) is 11.8. The summed E-state index contributed by atoms with van der Waals surface area (Å²) in [7, 11) is 0. The molecule has 156 valence electrons. The fourth-order valence-corrected chi connectivity index (χ4v) is 4.74. The first-order valence-electron chi connectivity index (χ1n) is 10.8. The summed E-state index contributed by atoms with van der Waals surface area (Å²) in [5.41, 5.74) is 2.11. The van der Waals surface area contributed by atoms with Crippen molar-refractivity contribution < 1.29 is 4.79 Å². The molecule has 0 aliphatic carbocycles. The SMILES string of the molecule is O=C(CCCCSc1nnc(-c2ccccc2)n1-c1ccccc1)N1CCCCC1. The molecule has 1 aliphatic heterocycles. The Balaban J connectivity index is 1.38. The first-order chi connectivity index (χ1) is 14.8. The lowest BCUT2D eigenvalue weighted by atomic mass is 10.1. The van der Waals surface area contributed by atoms with Crippen LogP contribution in [0.3, 0.4) is 0 Å². The summed E-state index contributed by atoms with van der Waals surface area (Å²) in [6, 6.07) is 20.4. The van der Waals surface area contributed by atoms with E-state index < -0.39 is 0 Å². The Kier molecular flexibility index (Phi) is 7.19. The molecular weight excluding hydrogens is 392 g/mol. The van der Waals surface area contributed by atoms with Gasteiger partial charge in [-0.2, -0.15) is 0 Å². The topological polar surface area (TPSA) is 51.0 Å². The summed E-state index contributed by atoms with van der Waals surface area (Å²) in [6.45, 7) is 1.88. The van der Waals surface area contributed by atoms with E-state index in [-0.39, 0.29) is 0 Å². The van der Waals surface area contributed by atoms with E-state index >= 15 is 0 Å². The van der Waals surface area contributed by atoms with Crippen molar-refractivity contribution in [3.8, 4) is 17.1 Å². The predicted octanol–water partition coefficient (Wildman–Crippen LogP) is 5.21. The van der Waals surface area contributed by atoms with Gasteiger partial charge in [0.25, 0.3) is 0 Å². The van der Waals surface area contributed by atoms with Crippen LogP contribution in [0, 0.1) is 0 Å². The Morgan fingerprint density at radius 3 is 2.30 bits per heavy atom. The van der Waals surface area contributed by atoms with Gasteiger partial charge in [-0.1, -0.05) is 60.3 Å². The highest BCUT2D eigenvalue weighted by Gasteiger charge is 2.17. The molecule has 30 heavy (non-hydrogen) atoms. The number of unbranched alkanes of at least 4 members (excludes halogenated alkanes) is 1. The Hall–Kier alpha value is -2.60. The number of thioether (sulfide) groups is 1. The summed E-state index contributed by atoms with van der Waals surface area (Å²) in [4.78, 5) is 14.4. The van der Waals surface area contributed by atoms with Crippen molar-refractivity contribution in [2.45, 2.75) is 43.7 Å². The van der Waals surface area contributed by atoms with Crippen molar-refractivity contribution in [2.24, 2.45) is 0 Å². The highest BCUT2D eigenvalue weighted by Crippen LogP contribution is 2.28. The molecule has 1 aromatic heterocycles. The number of para-hydroxylation sites is 1. The van der Waals surface area contributed by atoms with Gasteiger partial charge >= 0.3 is 0 Å². The van der Waals surface area contributed by atoms with Gasteiger partial charge in [0, 0.05) is 36.5 Å². The van der Waals surface area contributed by atoms with E-state index in [0.717, 1.165) is 66.8 Å². The van der Waals surface area contributed by atoms with Crippen molar-refractivity contribution in [1.29, 1.82) is 0 Å². The van der Waals surface area contributed by atoms with Gasteiger partial charge in [-0.25, -0.2) is 0 Å². The van der Waals surface area contributed by atoms with E-state index in [9.17, 15) is 4.79 Å². The third-order valence-corrected chi connectivity index (χ3v) is 6.42. The number of benzene rings is 2. The molecule has 2 heterocycles. The minimum Gasteiger partial charge on any atom is -0.343 e. The number of hydrogen-bond acceptors (Lipinski definition) is 4. The summed E-state index contributed by atoms with van der Waals surface area (Å²) in [6.07, 6.45) is 6.13. The van der Waals surface area contributed by atoms with Crippen molar-refractivity contribution in [2.75, 3.05) is 18.8 Å². The summed E-state index contributed by atoms with van der Waals surface area (Å²) < 4.78 is 2.12. The number of carbonyl (C=O) groups is 1. The van der Waals surface area contributed by atoms with Crippen molar-refractivity contribution in [3.05, 3.63) is 60.7 Å². The summed E-state index contributed by atoms with van der Waals surface area (Å²) >= 11 is 1.71. The molecule has 1 amide bonds. The molecule has 0 spiro atoms. The molecule has 0 N–H and O–H groups in total. The maximum atomic E-state index is 12.3. The monoisotopic (exact) mass is 420 g/mol. The lowest BCUT2D eigenvalue weighted by molar-refractivity contribution is -0.132. The highest BCUT2D eigenvalue weighted by molar-refractivity contribution is 7.99. The van der Waals surface area contributed by atoms with Crippen LogP contribution >= 0.6 is 11.8 Å². The highest BCUT2D eigenvalue weighted by atomic mass is 32.2. The molecular formula is C24H28N4OS. The molecule has 0 radical (unpaired) electrons. The van der Waals surface area contributed by atoms with Gasteiger partial charge in [-0.3, -0.25) is 9.36 Å². The van der Waals surface area contributed by atoms with Gasteiger partial charge in [0.2, 0.25) is 5.91 Å². The number of piperidine rings is 1. The molecule has 0 saturated carbocycles. The fraction of sp³-hybridized carbons (Fsp3) is 0.375. The van der Waals surface area contributed by atoms with Crippen LogP contribution in [0.4, 0.5) is 0 Å². The lowest BCUT2D eigenvalue weighted by Gasteiger charge is -2.26. The van der Waals surface area contributed by atoms with Crippen LogP contribution < -0.4 is 0 Å². The molecule has 0 atom stereocenters. The fourth-order valence-electron chi connectivity index (χ4n) is 3.79. The molecule has 1 fully saturated rings. The smallest absolute Gasteiger partial charge is 0.222 e. The molecule has 4 rings (SSSR count). The summed E-state index contributed by atoms with van der Waals surface area (Å²) in [5.74, 6) is 2.09. The second-order valence-corrected chi connectivity index (χ2v) is 8.65. The molecule has 3 aromatic rings. The second-order valence-electron chi connectivity index (χ2n) is 7.59. The quantitative estimate of drug-likeness (QED) is 0.371. The number of carbonyl (C=O) groups excluding carboxylic acids is 1. The van der Waals surface area contributed by atoms with Gasteiger partial charge in [0.05, 0.1) is 0 Å². The van der Waals surface area contributed by atoms with Crippen LogP contribution in [0.1, 0.15) is 38.5 Å². The number of rotatable bonds is 8. The number of likely N-dealkylation sites (tertiary alicyclic amines) is 1. The normalized spacial score (nSPS) is 14.1. The zero-order valence-electron chi connectivity index (χ0n) is 17.2. The molecule has 6 heteroatoms. The van der Waals surface area contributed by atoms with Gasteiger partial charge in [0.1, 0.15) is 0 Å². The standard InChI is InChI=1S/C24H28N4OS/c29-22(27-17-9-3-10-18-27)16-8-11-19-30-24-26-25-23(20-12-4-1-5-13-20)28(24)21-14-6-2-7-15-21/h1-2,4-7,12-15H,3,8-11,16-19H2. The van der Waals surface area contributed by atoms with E-state index in [2.05, 4.69) is 39.0 Å². The van der Waals surface area contributed by atoms with Crippen LogP contribution in [0.25, 0.3) is 17.1 Å². The minimum absolute atomic E-state index is 0.318. The number of aromatic nitrogens is 3. The maximum absolute atomic E-state index is 12.3. The zero-order valence-corrected chi connectivity index (χ0v) is 18.1. The molecule has 5 nitrogen and oxygen atoms in total. The summed E-state index contributed by atoms with van der Waals surface area (Å²) in [5, 5.41) is 9.85. The second kappa shape index (κ2) is 10.4. The van der Waals surface area contributed by atoms with Crippen molar-refractivity contribution in [3.63, 3.8) is 0 Å². The van der Waals surface area contributed by atoms with Crippen molar-refractivity contribution >= 4 is 17.7 Å². The van der Waals surface area contributed by atoms with E-state index in [1.165, 1.54) is 6.42 Å². The Morgan fingerprint density at radius 1 is 0.867 bits per heavy atom. The van der Waals surface area contributed by atoms with Crippen LogP contribution in [0.15, 0.2) is 65.8 Å². The number of hydrogen-bond donors (Lipinski definition) is 0. The lowest BCUT2D eigenvalue weighted by Crippen LogP contribution is -2.35. The zero-order chi connectivity index (χ0) is 20.6. The number of amides is 1. The molecule has 1 saturated heterocycles. The van der Waals surface area contributed by atoms with Gasteiger partial charge in [0.15, 0.2) is 11.0 Å². The molecule has 2 aromatic carbocycles. The van der Waals surface area contributed by atoms with E-state index in [1.54, 1.807) is 11.8 Å². The van der Waals surface area contributed by atoms with E-state index in [1.807, 2.05) is 41.3 Å². The Morgan fingerprint density at radius 2 is 1.57 bits per heavy atom. The van der Waals surface area contributed by atoms with Gasteiger partial charge < -0.3 is 4.90 Å². The minimum atomic E-state index is 0.318. The molecule has 1 aliphatic rings. The average molecular weight is 421 g/mol.